The second kappa shape index (κ2) is 4.98. The van der Waals surface area contributed by atoms with Gasteiger partial charge in [-0.25, -0.2) is 0 Å². The van der Waals surface area contributed by atoms with Gasteiger partial charge in [-0.2, -0.15) is 0 Å². The molecular formula is C14H19NO3. The van der Waals surface area contributed by atoms with E-state index in [1.165, 1.54) is 7.11 Å². The lowest BCUT2D eigenvalue weighted by molar-refractivity contribution is -0.146. The molecule has 0 radical (unpaired) electrons. The molecule has 1 aliphatic rings. The number of rotatable bonds is 3. The van der Waals surface area contributed by atoms with E-state index < -0.39 is 0 Å². The molecule has 1 aliphatic heterocycles. The molecule has 0 bridgehead atoms. The molecule has 4 heteroatoms. The predicted octanol–water partition coefficient (Wildman–Crippen LogP) is 1.35. The zero-order chi connectivity index (χ0) is 13.2. The van der Waals surface area contributed by atoms with Crippen LogP contribution in [-0.2, 0) is 14.9 Å². The van der Waals surface area contributed by atoms with Crippen molar-refractivity contribution in [3.63, 3.8) is 0 Å². The van der Waals surface area contributed by atoms with Gasteiger partial charge in [0.05, 0.1) is 20.1 Å². The van der Waals surface area contributed by atoms with Crippen LogP contribution in [0.2, 0.25) is 0 Å². The highest BCUT2D eigenvalue weighted by molar-refractivity contribution is 5.75. The zero-order valence-electron chi connectivity index (χ0n) is 11.0. The highest BCUT2D eigenvalue weighted by atomic mass is 16.5. The van der Waals surface area contributed by atoms with Crippen molar-refractivity contribution in [2.24, 2.45) is 5.92 Å². The standard InChI is InChI=1S/C14H19NO3/c1-14(9-15-8-12(14)13(16)18-3)10-4-6-11(17-2)7-5-10/h4-7,12,15H,8-9H2,1-3H3. The van der Waals surface area contributed by atoms with E-state index in [0.717, 1.165) is 17.9 Å². The fraction of sp³-hybridized carbons (Fsp3) is 0.500. The molecule has 1 aromatic rings. The Hall–Kier alpha value is -1.55. The van der Waals surface area contributed by atoms with Gasteiger partial charge in [-0.3, -0.25) is 4.79 Å². The van der Waals surface area contributed by atoms with Gasteiger partial charge in [-0.05, 0) is 17.7 Å². The van der Waals surface area contributed by atoms with Gasteiger partial charge in [0.2, 0.25) is 0 Å². The van der Waals surface area contributed by atoms with Gasteiger partial charge in [0.15, 0.2) is 0 Å². The van der Waals surface area contributed by atoms with Crippen LogP contribution in [0, 0.1) is 5.92 Å². The summed E-state index contributed by atoms with van der Waals surface area (Å²) >= 11 is 0. The lowest BCUT2D eigenvalue weighted by Gasteiger charge is -2.29. The molecule has 1 heterocycles. The molecule has 0 saturated carbocycles. The van der Waals surface area contributed by atoms with E-state index >= 15 is 0 Å². The smallest absolute Gasteiger partial charge is 0.310 e. The Kier molecular flexibility index (Phi) is 3.57. The first-order valence-corrected chi connectivity index (χ1v) is 6.05. The third-order valence-corrected chi connectivity index (χ3v) is 3.84. The Morgan fingerprint density at radius 3 is 2.56 bits per heavy atom. The third kappa shape index (κ3) is 2.08. The molecule has 98 valence electrons. The number of hydrogen-bond acceptors (Lipinski definition) is 4. The Morgan fingerprint density at radius 1 is 1.33 bits per heavy atom. The van der Waals surface area contributed by atoms with E-state index in [1.54, 1.807) is 7.11 Å². The molecule has 0 aliphatic carbocycles. The van der Waals surface area contributed by atoms with Crippen LogP contribution < -0.4 is 10.1 Å². The summed E-state index contributed by atoms with van der Waals surface area (Å²) in [5.41, 5.74) is 0.906. The normalized spacial score (nSPS) is 26.9. The number of esters is 1. The molecule has 0 amide bonds. The predicted molar refractivity (Wildman–Crippen MR) is 68.7 cm³/mol. The Morgan fingerprint density at radius 2 is 2.00 bits per heavy atom. The summed E-state index contributed by atoms with van der Waals surface area (Å²) in [4.78, 5) is 11.8. The average Bonchev–Trinajstić information content (AvgIpc) is 2.81. The summed E-state index contributed by atoms with van der Waals surface area (Å²) in [6.45, 7) is 3.53. The van der Waals surface area contributed by atoms with Crippen molar-refractivity contribution in [3.05, 3.63) is 29.8 Å². The molecule has 18 heavy (non-hydrogen) atoms. The van der Waals surface area contributed by atoms with Crippen molar-refractivity contribution in [1.29, 1.82) is 0 Å². The molecule has 1 N–H and O–H groups in total. The molecule has 1 saturated heterocycles. The van der Waals surface area contributed by atoms with E-state index in [1.807, 2.05) is 24.3 Å². The fourth-order valence-electron chi connectivity index (χ4n) is 2.59. The van der Waals surface area contributed by atoms with E-state index in [4.69, 9.17) is 9.47 Å². The Bertz CT molecular complexity index is 429. The first-order chi connectivity index (χ1) is 8.61. The van der Waals surface area contributed by atoms with Crippen LogP contribution in [0.1, 0.15) is 12.5 Å². The van der Waals surface area contributed by atoms with E-state index in [9.17, 15) is 4.79 Å². The third-order valence-electron chi connectivity index (χ3n) is 3.84. The van der Waals surface area contributed by atoms with Crippen LogP contribution in [0.3, 0.4) is 0 Å². The molecule has 1 aromatic carbocycles. The summed E-state index contributed by atoms with van der Waals surface area (Å²) in [5, 5.41) is 3.27. The van der Waals surface area contributed by atoms with Gasteiger partial charge in [0.1, 0.15) is 5.75 Å². The topological polar surface area (TPSA) is 47.6 Å². The first-order valence-electron chi connectivity index (χ1n) is 6.05. The van der Waals surface area contributed by atoms with Crippen molar-refractivity contribution in [2.75, 3.05) is 27.3 Å². The lowest BCUT2D eigenvalue weighted by Crippen LogP contribution is -2.36. The van der Waals surface area contributed by atoms with Gasteiger partial charge >= 0.3 is 5.97 Å². The quantitative estimate of drug-likeness (QED) is 0.821. The highest BCUT2D eigenvalue weighted by Crippen LogP contribution is 2.36. The molecule has 4 nitrogen and oxygen atoms in total. The largest absolute Gasteiger partial charge is 0.497 e. The van der Waals surface area contributed by atoms with Gasteiger partial charge in [0.25, 0.3) is 0 Å². The number of carbonyl (C=O) groups excluding carboxylic acids is 1. The number of nitrogens with one attached hydrogen (secondary N) is 1. The average molecular weight is 249 g/mol. The molecule has 2 unspecified atom stereocenters. The van der Waals surface area contributed by atoms with Crippen LogP contribution in [0.4, 0.5) is 0 Å². The minimum absolute atomic E-state index is 0.143. The summed E-state index contributed by atoms with van der Waals surface area (Å²) in [7, 11) is 3.08. The monoisotopic (exact) mass is 249 g/mol. The fourth-order valence-corrected chi connectivity index (χ4v) is 2.59. The summed E-state index contributed by atoms with van der Waals surface area (Å²) in [6, 6.07) is 7.88. The van der Waals surface area contributed by atoms with Crippen molar-refractivity contribution in [2.45, 2.75) is 12.3 Å². The van der Waals surface area contributed by atoms with Gasteiger partial charge in [0, 0.05) is 18.5 Å². The van der Waals surface area contributed by atoms with Crippen molar-refractivity contribution >= 4 is 5.97 Å². The number of benzene rings is 1. The highest BCUT2D eigenvalue weighted by Gasteiger charge is 2.45. The van der Waals surface area contributed by atoms with Crippen LogP contribution in [0.15, 0.2) is 24.3 Å². The zero-order valence-corrected chi connectivity index (χ0v) is 11.0. The van der Waals surface area contributed by atoms with Crippen molar-refractivity contribution < 1.29 is 14.3 Å². The summed E-state index contributed by atoms with van der Waals surface area (Å²) < 4.78 is 10.0. The second-order valence-corrected chi connectivity index (χ2v) is 4.85. The van der Waals surface area contributed by atoms with Gasteiger partial charge in [-0.1, -0.05) is 19.1 Å². The molecule has 0 aromatic heterocycles. The SMILES string of the molecule is COC(=O)C1CNCC1(C)c1ccc(OC)cc1. The maximum Gasteiger partial charge on any atom is 0.310 e. The second-order valence-electron chi connectivity index (χ2n) is 4.85. The van der Waals surface area contributed by atoms with Crippen LogP contribution in [0.25, 0.3) is 0 Å². The number of methoxy groups -OCH3 is 2. The number of carbonyl (C=O) groups is 1. The van der Waals surface area contributed by atoms with E-state index in [0.29, 0.717) is 6.54 Å². The van der Waals surface area contributed by atoms with Crippen LogP contribution in [0.5, 0.6) is 5.75 Å². The molecule has 2 rings (SSSR count). The maximum absolute atomic E-state index is 11.8. The van der Waals surface area contributed by atoms with E-state index in [2.05, 4.69) is 12.2 Å². The molecule has 1 fully saturated rings. The minimum atomic E-state index is -0.223. The Balaban J connectivity index is 2.30. The van der Waals surface area contributed by atoms with Crippen LogP contribution >= 0.6 is 0 Å². The van der Waals surface area contributed by atoms with Crippen LogP contribution in [-0.4, -0.2) is 33.3 Å². The maximum atomic E-state index is 11.8. The van der Waals surface area contributed by atoms with E-state index in [-0.39, 0.29) is 17.3 Å². The molecule has 2 atom stereocenters. The molecule has 0 spiro atoms. The number of ether oxygens (including phenoxy) is 2. The van der Waals surface area contributed by atoms with Crippen molar-refractivity contribution in [3.8, 4) is 5.75 Å². The van der Waals surface area contributed by atoms with Gasteiger partial charge < -0.3 is 14.8 Å². The summed E-state index contributed by atoms with van der Waals surface area (Å²) in [5.74, 6) is 0.525. The Labute approximate surface area is 107 Å². The van der Waals surface area contributed by atoms with Gasteiger partial charge in [-0.15, -0.1) is 0 Å². The minimum Gasteiger partial charge on any atom is -0.497 e. The number of hydrogen-bond donors (Lipinski definition) is 1. The molecular weight excluding hydrogens is 230 g/mol. The lowest BCUT2D eigenvalue weighted by atomic mass is 9.74. The first kappa shape index (κ1) is 12.9. The summed E-state index contributed by atoms with van der Waals surface area (Å²) in [6.07, 6.45) is 0. The van der Waals surface area contributed by atoms with Crippen molar-refractivity contribution in [1.82, 2.24) is 5.32 Å².